The Balaban J connectivity index is 2.23. The van der Waals surface area contributed by atoms with E-state index in [0.717, 1.165) is 18.4 Å². The molecule has 2 aromatic heterocycles. The first-order chi connectivity index (χ1) is 6.69. The lowest BCUT2D eigenvalue weighted by Gasteiger charge is -2.08. The van der Waals surface area contributed by atoms with Crippen molar-refractivity contribution >= 4 is 11.0 Å². The quantitative estimate of drug-likeness (QED) is 0.735. The molecular weight excluding hydrogens is 174 g/mol. The van der Waals surface area contributed by atoms with Crippen molar-refractivity contribution in [3.63, 3.8) is 0 Å². The van der Waals surface area contributed by atoms with Gasteiger partial charge in [-0.3, -0.25) is 4.98 Å². The van der Waals surface area contributed by atoms with Crippen LogP contribution in [-0.2, 0) is 12.6 Å². The lowest BCUT2D eigenvalue weighted by Crippen LogP contribution is -2.18. The highest BCUT2D eigenvalue weighted by molar-refractivity contribution is 5.76. The summed E-state index contributed by atoms with van der Waals surface area (Å²) in [4.78, 5) is 4.41. The van der Waals surface area contributed by atoms with E-state index in [1.807, 2.05) is 25.5 Å². The van der Waals surface area contributed by atoms with Gasteiger partial charge in [0.15, 0.2) is 0 Å². The van der Waals surface area contributed by atoms with Gasteiger partial charge < -0.3 is 10.3 Å². The van der Waals surface area contributed by atoms with E-state index >= 15 is 0 Å². The molecule has 2 N–H and O–H groups in total. The Morgan fingerprint density at radius 1 is 1.50 bits per heavy atom. The minimum Gasteiger partial charge on any atom is -0.349 e. The summed E-state index contributed by atoms with van der Waals surface area (Å²) < 4.78 is 2.08. The second kappa shape index (κ2) is 2.36. The summed E-state index contributed by atoms with van der Waals surface area (Å²) in [6, 6.07) is 4.19. The largest absolute Gasteiger partial charge is 0.349 e. The van der Waals surface area contributed by atoms with E-state index in [9.17, 15) is 0 Å². The molecule has 1 aliphatic carbocycles. The Morgan fingerprint density at radius 3 is 3.00 bits per heavy atom. The van der Waals surface area contributed by atoms with Gasteiger partial charge in [-0.25, -0.2) is 0 Å². The van der Waals surface area contributed by atoms with Gasteiger partial charge in [0.25, 0.3) is 0 Å². The molecule has 14 heavy (non-hydrogen) atoms. The van der Waals surface area contributed by atoms with Gasteiger partial charge in [0.05, 0.1) is 11.0 Å². The molecule has 72 valence electrons. The van der Waals surface area contributed by atoms with Gasteiger partial charge >= 0.3 is 0 Å². The molecule has 1 saturated carbocycles. The third kappa shape index (κ3) is 0.990. The van der Waals surface area contributed by atoms with Crippen molar-refractivity contribution in [3.05, 3.63) is 30.1 Å². The van der Waals surface area contributed by atoms with Crippen molar-refractivity contribution in [2.75, 3.05) is 0 Å². The Bertz CT molecular complexity index is 494. The number of nitrogens with two attached hydrogens (primary N) is 1. The fourth-order valence-corrected chi connectivity index (χ4v) is 1.83. The van der Waals surface area contributed by atoms with Gasteiger partial charge in [0, 0.05) is 25.0 Å². The van der Waals surface area contributed by atoms with E-state index < -0.39 is 0 Å². The highest BCUT2D eigenvalue weighted by Crippen LogP contribution is 2.42. The summed E-state index contributed by atoms with van der Waals surface area (Å²) in [7, 11) is 2.03. The van der Waals surface area contributed by atoms with Crippen molar-refractivity contribution in [2.24, 2.45) is 12.8 Å². The summed E-state index contributed by atoms with van der Waals surface area (Å²) in [5.41, 5.74) is 9.43. The molecule has 1 fully saturated rings. The van der Waals surface area contributed by atoms with Crippen LogP contribution in [0.3, 0.4) is 0 Å². The molecular formula is C11H13N3. The van der Waals surface area contributed by atoms with Crippen LogP contribution in [-0.4, -0.2) is 9.55 Å². The molecule has 2 aromatic rings. The van der Waals surface area contributed by atoms with Gasteiger partial charge in [-0.05, 0) is 30.5 Å². The molecule has 2 heterocycles. The average molecular weight is 187 g/mol. The van der Waals surface area contributed by atoms with Crippen molar-refractivity contribution in [2.45, 2.75) is 18.4 Å². The van der Waals surface area contributed by atoms with Crippen molar-refractivity contribution in [1.29, 1.82) is 0 Å². The highest BCUT2D eigenvalue weighted by Gasteiger charge is 2.40. The Labute approximate surface area is 82.5 Å². The molecule has 0 amide bonds. The average Bonchev–Trinajstić information content (AvgIpc) is 2.84. The topological polar surface area (TPSA) is 43.8 Å². The fraction of sp³-hybridized carbons (Fsp3) is 0.364. The molecule has 3 heteroatoms. The van der Waals surface area contributed by atoms with E-state index in [1.165, 1.54) is 11.1 Å². The van der Waals surface area contributed by atoms with Crippen LogP contribution in [0.1, 0.15) is 18.4 Å². The number of nitrogens with zero attached hydrogens (tertiary/aromatic N) is 2. The third-order valence-corrected chi connectivity index (χ3v) is 3.10. The maximum absolute atomic E-state index is 6.13. The van der Waals surface area contributed by atoms with Crippen LogP contribution >= 0.6 is 0 Å². The minimum absolute atomic E-state index is 0.0779. The first kappa shape index (κ1) is 8.00. The van der Waals surface area contributed by atoms with Crippen LogP contribution in [0.15, 0.2) is 24.5 Å². The molecule has 0 aromatic carbocycles. The van der Waals surface area contributed by atoms with Crippen LogP contribution in [0, 0.1) is 0 Å². The van der Waals surface area contributed by atoms with Crippen LogP contribution < -0.4 is 5.73 Å². The van der Waals surface area contributed by atoms with Crippen LogP contribution in [0.2, 0.25) is 0 Å². The molecule has 0 bridgehead atoms. The molecule has 0 atom stereocenters. The molecule has 1 aliphatic rings. The maximum atomic E-state index is 6.13. The van der Waals surface area contributed by atoms with E-state index in [2.05, 4.69) is 15.6 Å². The first-order valence-corrected chi connectivity index (χ1v) is 4.89. The van der Waals surface area contributed by atoms with Crippen LogP contribution in [0.5, 0.6) is 0 Å². The van der Waals surface area contributed by atoms with E-state index in [4.69, 9.17) is 5.73 Å². The molecule has 0 aliphatic heterocycles. The zero-order valence-electron chi connectivity index (χ0n) is 8.20. The number of pyridine rings is 1. The van der Waals surface area contributed by atoms with Crippen LogP contribution in [0.25, 0.3) is 11.0 Å². The first-order valence-electron chi connectivity index (χ1n) is 4.89. The SMILES string of the molecule is Cn1ccc2ncc(C3(N)CC3)cc21. The third-order valence-electron chi connectivity index (χ3n) is 3.10. The van der Waals surface area contributed by atoms with E-state index in [-0.39, 0.29) is 5.54 Å². The number of fused-ring (bicyclic) bond motifs is 1. The number of aryl methyl sites for hydroxylation is 1. The smallest absolute Gasteiger partial charge is 0.0881 e. The van der Waals surface area contributed by atoms with Crippen LogP contribution in [0.4, 0.5) is 0 Å². The normalized spacial score (nSPS) is 18.7. The summed E-state index contributed by atoms with van der Waals surface area (Å²) in [5, 5.41) is 0. The predicted molar refractivity (Wildman–Crippen MR) is 55.8 cm³/mol. The van der Waals surface area contributed by atoms with Crippen molar-refractivity contribution < 1.29 is 0 Å². The molecule has 0 unspecified atom stereocenters. The number of rotatable bonds is 1. The number of aromatic nitrogens is 2. The van der Waals surface area contributed by atoms with E-state index in [1.54, 1.807) is 0 Å². The second-order valence-corrected chi connectivity index (χ2v) is 4.21. The lowest BCUT2D eigenvalue weighted by atomic mass is 10.1. The monoisotopic (exact) mass is 187 g/mol. The zero-order valence-corrected chi connectivity index (χ0v) is 8.20. The van der Waals surface area contributed by atoms with Gasteiger partial charge in [0.2, 0.25) is 0 Å². The summed E-state index contributed by atoms with van der Waals surface area (Å²) in [6.45, 7) is 0. The van der Waals surface area contributed by atoms with Gasteiger partial charge in [-0.2, -0.15) is 0 Å². The lowest BCUT2D eigenvalue weighted by molar-refractivity contribution is 0.736. The van der Waals surface area contributed by atoms with Gasteiger partial charge in [0.1, 0.15) is 0 Å². The van der Waals surface area contributed by atoms with Gasteiger partial charge in [-0.15, -0.1) is 0 Å². The Morgan fingerprint density at radius 2 is 2.29 bits per heavy atom. The number of hydrogen-bond acceptors (Lipinski definition) is 2. The molecule has 0 spiro atoms. The number of hydrogen-bond donors (Lipinski definition) is 1. The predicted octanol–water partition coefficient (Wildman–Crippen LogP) is 1.52. The molecule has 0 saturated heterocycles. The van der Waals surface area contributed by atoms with Gasteiger partial charge in [-0.1, -0.05) is 0 Å². The second-order valence-electron chi connectivity index (χ2n) is 4.21. The fourth-order valence-electron chi connectivity index (χ4n) is 1.83. The molecule has 0 radical (unpaired) electrons. The minimum atomic E-state index is -0.0779. The zero-order chi connectivity index (χ0) is 9.76. The highest BCUT2D eigenvalue weighted by atomic mass is 14.9. The summed E-state index contributed by atoms with van der Waals surface area (Å²) in [6.07, 6.45) is 6.11. The van der Waals surface area contributed by atoms with Crippen molar-refractivity contribution in [3.8, 4) is 0 Å². The summed E-state index contributed by atoms with van der Waals surface area (Å²) in [5.74, 6) is 0. The van der Waals surface area contributed by atoms with Crippen molar-refractivity contribution in [1.82, 2.24) is 9.55 Å². The molecule has 3 rings (SSSR count). The Kier molecular flexibility index (Phi) is 1.35. The molecule has 3 nitrogen and oxygen atoms in total. The standard InChI is InChI=1S/C11H13N3/c1-14-5-2-9-10(14)6-8(7-13-9)11(12)3-4-11/h2,5-7H,3-4,12H2,1H3. The van der Waals surface area contributed by atoms with E-state index in [0.29, 0.717) is 0 Å². The summed E-state index contributed by atoms with van der Waals surface area (Å²) >= 11 is 0. The maximum Gasteiger partial charge on any atom is 0.0881 e. The Hall–Kier alpha value is -1.35.